The van der Waals surface area contributed by atoms with Crippen LogP contribution in [0.15, 0.2) is 53.2 Å². The zero-order valence-electron chi connectivity index (χ0n) is 18.6. The first-order valence-corrected chi connectivity index (χ1v) is 12.7. The molecule has 6 rings (SSSR count). The summed E-state index contributed by atoms with van der Waals surface area (Å²) in [6.07, 6.45) is 2.22. The van der Waals surface area contributed by atoms with Crippen LogP contribution in [0.4, 0.5) is 0 Å². The molecule has 0 saturated carbocycles. The average Bonchev–Trinajstić information content (AvgIpc) is 3.60. The summed E-state index contributed by atoms with van der Waals surface area (Å²) in [6.45, 7) is 6.43. The molecular weight excluding hydrogens is 448 g/mol. The van der Waals surface area contributed by atoms with Gasteiger partial charge in [0.25, 0.3) is 0 Å². The van der Waals surface area contributed by atoms with Gasteiger partial charge in [-0.05, 0) is 60.4 Å². The summed E-state index contributed by atoms with van der Waals surface area (Å²) in [4.78, 5) is 13.5. The fourth-order valence-corrected chi connectivity index (χ4v) is 6.18. The molecule has 164 valence electrons. The van der Waals surface area contributed by atoms with Crippen LogP contribution in [0.2, 0.25) is 0 Å². The van der Waals surface area contributed by atoms with Crippen LogP contribution in [0.5, 0.6) is 0 Å². The molecule has 0 radical (unpaired) electrons. The fourth-order valence-electron chi connectivity index (χ4n) is 4.35. The fraction of sp³-hybridized carbons (Fsp3) is 0.192. The van der Waals surface area contributed by atoms with Crippen LogP contribution in [0.1, 0.15) is 28.7 Å². The molecular formula is C26H22N4OS2. The van der Waals surface area contributed by atoms with Crippen molar-refractivity contribution in [3.8, 4) is 32.3 Å². The topological polar surface area (TPSA) is 67.6 Å². The summed E-state index contributed by atoms with van der Waals surface area (Å²) < 4.78 is 5.26. The van der Waals surface area contributed by atoms with Crippen molar-refractivity contribution in [2.24, 2.45) is 0 Å². The summed E-state index contributed by atoms with van der Waals surface area (Å²) in [5, 5.41) is 8.67. The maximum absolute atomic E-state index is 5.26. The Morgan fingerprint density at radius 1 is 0.788 bits per heavy atom. The number of aromatic nitrogens is 4. The second-order valence-electron chi connectivity index (χ2n) is 8.29. The molecule has 0 unspecified atom stereocenters. The number of rotatable bonds is 5. The Balaban J connectivity index is 1.67. The Hall–Kier alpha value is -3.29. The minimum Gasteiger partial charge on any atom is -0.337 e. The molecule has 4 heterocycles. The predicted molar refractivity (Wildman–Crippen MR) is 137 cm³/mol. The summed E-state index contributed by atoms with van der Waals surface area (Å²) in [6, 6.07) is 17.2. The lowest BCUT2D eigenvalue weighted by Gasteiger charge is -2.05. The van der Waals surface area contributed by atoms with Crippen LogP contribution >= 0.6 is 22.7 Å². The van der Waals surface area contributed by atoms with Crippen LogP contribution in [0.3, 0.4) is 0 Å². The highest BCUT2D eigenvalue weighted by atomic mass is 32.1. The molecule has 0 fully saturated rings. The van der Waals surface area contributed by atoms with Gasteiger partial charge in [0, 0.05) is 30.6 Å². The lowest BCUT2D eigenvalue weighted by molar-refractivity contribution is 0.315. The van der Waals surface area contributed by atoms with Crippen molar-refractivity contribution < 1.29 is 4.63 Å². The lowest BCUT2D eigenvalue weighted by Crippen LogP contribution is -1.87. The SMILES string of the molecule is CCCc1ccc(-c2nc3c(-c4ccc(C)s4)c4nonc4c(-c4ccc(C)s4)c3[nH]2)cc1. The summed E-state index contributed by atoms with van der Waals surface area (Å²) in [5.41, 5.74) is 7.76. The van der Waals surface area contributed by atoms with Gasteiger partial charge in [0.1, 0.15) is 22.4 Å². The van der Waals surface area contributed by atoms with Crippen molar-refractivity contribution in [3.05, 3.63) is 63.8 Å². The van der Waals surface area contributed by atoms with Crippen molar-refractivity contribution in [3.63, 3.8) is 0 Å². The number of thiophene rings is 2. The highest BCUT2D eigenvalue weighted by Crippen LogP contribution is 2.45. The second-order valence-corrected chi connectivity index (χ2v) is 10.9. The largest absolute Gasteiger partial charge is 0.337 e. The van der Waals surface area contributed by atoms with Crippen molar-refractivity contribution in [2.45, 2.75) is 33.6 Å². The van der Waals surface area contributed by atoms with E-state index in [4.69, 9.17) is 9.61 Å². The Kier molecular flexibility index (Phi) is 4.89. The molecule has 33 heavy (non-hydrogen) atoms. The number of aromatic amines is 1. The molecule has 0 aliphatic carbocycles. The molecule has 0 atom stereocenters. The first-order valence-electron chi connectivity index (χ1n) is 11.0. The molecule has 6 aromatic rings. The Bertz CT molecular complexity index is 1510. The molecule has 0 amide bonds. The molecule has 5 nitrogen and oxygen atoms in total. The van der Waals surface area contributed by atoms with Crippen LogP contribution in [-0.2, 0) is 6.42 Å². The number of hydrogen-bond acceptors (Lipinski definition) is 6. The number of aryl methyl sites for hydroxylation is 3. The number of nitrogens with one attached hydrogen (secondary N) is 1. The maximum Gasteiger partial charge on any atom is 0.146 e. The van der Waals surface area contributed by atoms with Gasteiger partial charge in [0.2, 0.25) is 0 Å². The van der Waals surface area contributed by atoms with E-state index in [1.54, 1.807) is 22.7 Å². The number of benzene rings is 2. The van der Waals surface area contributed by atoms with Gasteiger partial charge in [-0.25, -0.2) is 9.61 Å². The minimum absolute atomic E-state index is 0.752. The molecule has 7 heteroatoms. The average molecular weight is 471 g/mol. The normalized spacial score (nSPS) is 11.7. The molecule has 0 bridgehead atoms. The van der Waals surface area contributed by atoms with Crippen LogP contribution in [0.25, 0.3) is 54.3 Å². The monoisotopic (exact) mass is 470 g/mol. The molecule has 0 aliphatic rings. The molecule has 0 aliphatic heterocycles. The predicted octanol–water partition coefficient (Wildman–Crippen LogP) is 7.79. The number of H-pyrrole nitrogens is 1. The minimum atomic E-state index is 0.752. The van der Waals surface area contributed by atoms with Gasteiger partial charge < -0.3 is 4.98 Å². The van der Waals surface area contributed by atoms with Gasteiger partial charge in [-0.1, -0.05) is 37.6 Å². The van der Waals surface area contributed by atoms with Crippen LogP contribution < -0.4 is 0 Å². The summed E-state index contributed by atoms with van der Waals surface area (Å²) >= 11 is 3.47. The van der Waals surface area contributed by atoms with E-state index in [2.05, 4.69) is 84.6 Å². The lowest BCUT2D eigenvalue weighted by atomic mass is 10.0. The zero-order chi connectivity index (χ0) is 22.5. The van der Waals surface area contributed by atoms with Crippen molar-refractivity contribution in [1.29, 1.82) is 0 Å². The van der Waals surface area contributed by atoms with Gasteiger partial charge in [0.15, 0.2) is 0 Å². The molecule has 0 spiro atoms. The highest BCUT2D eigenvalue weighted by Gasteiger charge is 2.25. The van der Waals surface area contributed by atoms with Gasteiger partial charge >= 0.3 is 0 Å². The molecule has 0 saturated heterocycles. The standard InChI is InChI=1S/C26H22N4OS2/c1-4-5-16-8-10-17(11-9-16)26-27-22-20(18-12-6-14(2)32-18)24-25(30-31-29-24)21(23(22)28-26)19-13-7-15(3)33-19/h6-13H,4-5H2,1-3H3,(H,27,28). The van der Waals surface area contributed by atoms with Crippen molar-refractivity contribution >= 4 is 44.7 Å². The third-order valence-corrected chi connectivity index (χ3v) is 7.93. The van der Waals surface area contributed by atoms with E-state index in [0.717, 1.165) is 67.2 Å². The molecule has 1 N–H and O–H groups in total. The summed E-state index contributed by atoms with van der Waals surface area (Å²) in [7, 11) is 0. The van der Waals surface area contributed by atoms with E-state index in [1.165, 1.54) is 15.3 Å². The number of nitrogens with zero attached hydrogens (tertiary/aromatic N) is 3. The Morgan fingerprint density at radius 3 is 2.03 bits per heavy atom. The Labute approximate surface area is 199 Å². The number of imidazole rings is 1. The maximum atomic E-state index is 5.26. The van der Waals surface area contributed by atoms with E-state index in [0.29, 0.717) is 0 Å². The third-order valence-electron chi connectivity index (χ3n) is 5.89. The van der Waals surface area contributed by atoms with E-state index in [1.807, 2.05) is 0 Å². The van der Waals surface area contributed by atoms with Crippen molar-refractivity contribution in [2.75, 3.05) is 0 Å². The quantitative estimate of drug-likeness (QED) is 0.279. The summed E-state index contributed by atoms with van der Waals surface area (Å²) in [5.74, 6) is 0.849. The van der Waals surface area contributed by atoms with E-state index < -0.39 is 0 Å². The van der Waals surface area contributed by atoms with Crippen LogP contribution in [-0.4, -0.2) is 20.3 Å². The van der Waals surface area contributed by atoms with Gasteiger partial charge in [-0.15, -0.1) is 22.7 Å². The van der Waals surface area contributed by atoms with E-state index in [9.17, 15) is 0 Å². The number of fused-ring (bicyclic) bond motifs is 2. The van der Waals surface area contributed by atoms with Gasteiger partial charge in [-0.3, -0.25) is 0 Å². The third kappa shape index (κ3) is 3.39. The van der Waals surface area contributed by atoms with Crippen LogP contribution in [0, 0.1) is 13.8 Å². The van der Waals surface area contributed by atoms with Gasteiger partial charge in [-0.2, -0.15) is 0 Å². The smallest absolute Gasteiger partial charge is 0.146 e. The van der Waals surface area contributed by atoms with E-state index >= 15 is 0 Å². The Morgan fingerprint density at radius 2 is 1.42 bits per heavy atom. The first-order chi connectivity index (χ1) is 16.1. The first kappa shape index (κ1) is 20.3. The molecule has 2 aromatic carbocycles. The van der Waals surface area contributed by atoms with E-state index in [-0.39, 0.29) is 0 Å². The van der Waals surface area contributed by atoms with Gasteiger partial charge in [0.05, 0.1) is 11.1 Å². The van der Waals surface area contributed by atoms with Crippen molar-refractivity contribution in [1.82, 2.24) is 20.3 Å². The zero-order valence-corrected chi connectivity index (χ0v) is 20.2. The molecule has 4 aromatic heterocycles. The number of hydrogen-bond donors (Lipinski definition) is 1. The second kappa shape index (κ2) is 7.93. The highest BCUT2D eigenvalue weighted by molar-refractivity contribution is 7.16.